The Balaban J connectivity index is 1.53. The van der Waals surface area contributed by atoms with E-state index in [9.17, 15) is 13.2 Å². The molecule has 0 atom stereocenters. The second-order valence-electron chi connectivity index (χ2n) is 6.23. The fourth-order valence-corrected chi connectivity index (χ4v) is 3.71. The number of amides is 1. The second kappa shape index (κ2) is 6.79. The topological polar surface area (TPSA) is 84.9 Å². The maximum Gasteiger partial charge on any atom is 0.238 e. The number of benzene rings is 1. The Morgan fingerprint density at radius 3 is 2.54 bits per heavy atom. The lowest BCUT2D eigenvalue weighted by Crippen LogP contribution is -2.47. The van der Waals surface area contributed by atoms with Gasteiger partial charge in [-0.3, -0.25) is 9.69 Å². The number of hydrogen-bond donors (Lipinski definition) is 1. The molecule has 2 aliphatic heterocycles. The van der Waals surface area contributed by atoms with E-state index in [1.54, 1.807) is 12.1 Å². The number of nitrogens with one attached hydrogen (secondary N) is 1. The molecule has 132 valence electrons. The van der Waals surface area contributed by atoms with E-state index in [0.717, 1.165) is 32.2 Å². The van der Waals surface area contributed by atoms with E-state index in [-0.39, 0.29) is 17.3 Å². The molecule has 0 aromatic heterocycles. The Hall–Kier alpha value is -1.48. The number of sulfone groups is 1. The highest BCUT2D eigenvalue weighted by atomic mass is 32.2. The van der Waals surface area contributed by atoms with Gasteiger partial charge in [0, 0.05) is 37.9 Å². The van der Waals surface area contributed by atoms with Gasteiger partial charge in [0.2, 0.25) is 5.91 Å². The van der Waals surface area contributed by atoms with Crippen molar-refractivity contribution in [1.29, 1.82) is 0 Å². The van der Waals surface area contributed by atoms with Gasteiger partial charge in [-0.2, -0.15) is 0 Å². The first kappa shape index (κ1) is 17.3. The largest absolute Gasteiger partial charge is 0.347 e. The van der Waals surface area contributed by atoms with Gasteiger partial charge in [-0.25, -0.2) is 8.42 Å². The van der Waals surface area contributed by atoms with Crippen LogP contribution in [0.4, 0.5) is 5.69 Å². The van der Waals surface area contributed by atoms with Gasteiger partial charge in [-0.1, -0.05) is 6.07 Å². The first-order valence-corrected chi connectivity index (χ1v) is 9.86. The molecule has 1 aromatic rings. The van der Waals surface area contributed by atoms with E-state index in [1.165, 1.54) is 12.1 Å². The van der Waals surface area contributed by atoms with Crippen LogP contribution in [0.1, 0.15) is 12.8 Å². The number of ether oxygens (including phenoxy) is 2. The van der Waals surface area contributed by atoms with Crippen LogP contribution >= 0.6 is 0 Å². The Morgan fingerprint density at radius 2 is 1.92 bits per heavy atom. The highest BCUT2D eigenvalue weighted by Gasteiger charge is 2.39. The van der Waals surface area contributed by atoms with Crippen LogP contribution in [0.25, 0.3) is 0 Å². The summed E-state index contributed by atoms with van der Waals surface area (Å²) in [6, 6.07) is 6.28. The number of hydrogen-bond acceptors (Lipinski definition) is 6. The van der Waals surface area contributed by atoms with E-state index in [0.29, 0.717) is 18.9 Å². The first-order chi connectivity index (χ1) is 11.4. The third-order valence-electron chi connectivity index (χ3n) is 4.34. The predicted molar refractivity (Wildman–Crippen MR) is 88.5 cm³/mol. The zero-order valence-electron chi connectivity index (χ0n) is 13.7. The molecule has 8 heteroatoms. The molecule has 0 bridgehead atoms. The molecular formula is C16H22N2O5S. The number of piperidine rings is 1. The molecular weight excluding hydrogens is 332 g/mol. The molecule has 2 aliphatic rings. The predicted octanol–water partition coefficient (Wildman–Crippen LogP) is 0.867. The number of carbonyl (C=O) groups excluding carboxylic acids is 1. The lowest BCUT2D eigenvalue weighted by atomic mass is 10.0. The molecule has 1 spiro atoms. The van der Waals surface area contributed by atoms with Crippen molar-refractivity contribution in [3.05, 3.63) is 24.3 Å². The second-order valence-corrected chi connectivity index (χ2v) is 8.25. The molecule has 7 nitrogen and oxygen atoms in total. The lowest BCUT2D eigenvalue weighted by Gasteiger charge is -2.37. The van der Waals surface area contributed by atoms with E-state index < -0.39 is 15.6 Å². The van der Waals surface area contributed by atoms with Crippen LogP contribution in [-0.2, 0) is 24.1 Å². The fraction of sp³-hybridized carbons (Fsp3) is 0.562. The molecule has 0 saturated carbocycles. The lowest BCUT2D eigenvalue weighted by molar-refractivity contribution is -0.185. The minimum absolute atomic E-state index is 0.162. The molecule has 3 rings (SSSR count). The molecule has 0 radical (unpaired) electrons. The van der Waals surface area contributed by atoms with Crippen LogP contribution in [-0.4, -0.2) is 64.1 Å². The van der Waals surface area contributed by atoms with E-state index in [4.69, 9.17) is 9.47 Å². The van der Waals surface area contributed by atoms with Gasteiger partial charge >= 0.3 is 0 Å². The van der Waals surface area contributed by atoms with E-state index in [2.05, 4.69) is 5.32 Å². The summed E-state index contributed by atoms with van der Waals surface area (Å²) in [5, 5.41) is 2.76. The molecule has 2 saturated heterocycles. The molecule has 1 N–H and O–H groups in total. The summed E-state index contributed by atoms with van der Waals surface area (Å²) >= 11 is 0. The van der Waals surface area contributed by atoms with Gasteiger partial charge in [-0.15, -0.1) is 0 Å². The molecule has 24 heavy (non-hydrogen) atoms. The summed E-state index contributed by atoms with van der Waals surface area (Å²) in [4.78, 5) is 14.4. The Morgan fingerprint density at radius 1 is 1.25 bits per heavy atom. The van der Waals surface area contributed by atoms with Gasteiger partial charge < -0.3 is 14.8 Å². The van der Waals surface area contributed by atoms with Crippen molar-refractivity contribution < 1.29 is 22.7 Å². The Kier molecular flexibility index (Phi) is 4.91. The van der Waals surface area contributed by atoms with Crippen molar-refractivity contribution in [1.82, 2.24) is 4.90 Å². The zero-order chi connectivity index (χ0) is 17.2. The Labute approximate surface area is 141 Å². The molecule has 1 aromatic carbocycles. The summed E-state index contributed by atoms with van der Waals surface area (Å²) in [6.45, 7) is 3.00. The van der Waals surface area contributed by atoms with Crippen molar-refractivity contribution in [2.75, 3.05) is 44.4 Å². The minimum Gasteiger partial charge on any atom is -0.347 e. The number of likely N-dealkylation sites (tertiary alicyclic amines) is 1. The van der Waals surface area contributed by atoms with Gasteiger partial charge in [0.15, 0.2) is 15.6 Å². The first-order valence-electron chi connectivity index (χ1n) is 7.97. The van der Waals surface area contributed by atoms with Crippen LogP contribution in [0.15, 0.2) is 29.2 Å². The van der Waals surface area contributed by atoms with Crippen molar-refractivity contribution in [2.24, 2.45) is 0 Å². The van der Waals surface area contributed by atoms with E-state index >= 15 is 0 Å². The summed E-state index contributed by atoms with van der Waals surface area (Å²) in [5.41, 5.74) is 0.485. The molecule has 1 amide bonds. The van der Waals surface area contributed by atoms with Gasteiger partial charge in [0.1, 0.15) is 0 Å². The minimum atomic E-state index is -3.29. The zero-order valence-corrected chi connectivity index (χ0v) is 14.5. The van der Waals surface area contributed by atoms with Crippen molar-refractivity contribution in [2.45, 2.75) is 23.5 Å². The van der Waals surface area contributed by atoms with Crippen LogP contribution in [0.5, 0.6) is 0 Å². The maximum atomic E-state index is 12.2. The summed E-state index contributed by atoms with van der Waals surface area (Å²) in [7, 11) is -3.29. The van der Waals surface area contributed by atoms with Crippen LogP contribution < -0.4 is 5.32 Å². The normalized spacial score (nSPS) is 21.0. The summed E-state index contributed by atoms with van der Waals surface area (Å²) in [5.74, 6) is -0.610. The van der Waals surface area contributed by atoms with Gasteiger partial charge in [-0.05, 0) is 18.2 Å². The summed E-state index contributed by atoms with van der Waals surface area (Å²) in [6.07, 6.45) is 2.65. The maximum absolute atomic E-state index is 12.2. The molecule has 2 fully saturated rings. The van der Waals surface area contributed by atoms with Gasteiger partial charge in [0.25, 0.3) is 0 Å². The third kappa shape index (κ3) is 4.13. The number of nitrogens with zero attached hydrogens (tertiary/aromatic N) is 1. The van der Waals surface area contributed by atoms with Gasteiger partial charge in [0.05, 0.1) is 24.7 Å². The van der Waals surface area contributed by atoms with Crippen LogP contribution in [0.2, 0.25) is 0 Å². The van der Waals surface area contributed by atoms with Crippen LogP contribution in [0.3, 0.4) is 0 Å². The Bertz CT molecular complexity index is 703. The molecule has 0 unspecified atom stereocenters. The number of anilines is 1. The standard InChI is InChI=1S/C16H22N2O5S/c1-24(20,21)14-4-2-3-13(11-14)17-15(19)12-18-7-5-16(6-8-18)22-9-10-23-16/h2-4,11H,5-10,12H2,1H3,(H,17,19). The summed E-state index contributed by atoms with van der Waals surface area (Å²) < 4.78 is 34.5. The smallest absolute Gasteiger partial charge is 0.238 e. The SMILES string of the molecule is CS(=O)(=O)c1cccc(NC(=O)CN2CCC3(CC2)OCCO3)c1. The molecule has 0 aliphatic carbocycles. The van der Waals surface area contributed by atoms with Crippen LogP contribution in [0, 0.1) is 0 Å². The fourth-order valence-electron chi connectivity index (χ4n) is 3.05. The monoisotopic (exact) mass is 354 g/mol. The van der Waals surface area contributed by atoms with Crippen molar-refractivity contribution in [3.8, 4) is 0 Å². The van der Waals surface area contributed by atoms with Crippen molar-refractivity contribution in [3.63, 3.8) is 0 Å². The average Bonchev–Trinajstić information content (AvgIpc) is 2.98. The van der Waals surface area contributed by atoms with Crippen molar-refractivity contribution >= 4 is 21.4 Å². The van der Waals surface area contributed by atoms with E-state index in [1.807, 2.05) is 4.90 Å². The quantitative estimate of drug-likeness (QED) is 0.864. The highest BCUT2D eigenvalue weighted by Crippen LogP contribution is 2.31. The number of carbonyl (C=O) groups is 1. The molecule has 2 heterocycles. The average molecular weight is 354 g/mol. The third-order valence-corrected chi connectivity index (χ3v) is 5.45. The highest BCUT2D eigenvalue weighted by molar-refractivity contribution is 7.90. The number of rotatable bonds is 4.